The Hall–Kier alpha value is -2.38. The lowest BCUT2D eigenvalue weighted by Crippen LogP contribution is -2.22. The van der Waals surface area contributed by atoms with Crippen molar-refractivity contribution in [3.8, 4) is 0 Å². The number of rotatable bonds is 5. The molecular weight excluding hydrogens is 342 g/mol. The maximum Gasteiger partial charge on any atom is 0.248 e. The molecule has 2 aromatic carbocycles. The minimum Gasteiger partial charge on any atom is -0.366 e. The highest BCUT2D eigenvalue weighted by Gasteiger charge is 2.17. The van der Waals surface area contributed by atoms with Gasteiger partial charge in [0.25, 0.3) is 0 Å². The fourth-order valence-electron chi connectivity index (χ4n) is 2.07. The van der Waals surface area contributed by atoms with Crippen LogP contribution in [0.4, 0.5) is 5.69 Å². The molecule has 7 heteroatoms. The van der Waals surface area contributed by atoms with Gasteiger partial charge >= 0.3 is 0 Å². The number of hydrogen-bond donors (Lipinski definition) is 2. The molecule has 5 nitrogen and oxygen atoms in total. The van der Waals surface area contributed by atoms with Crippen LogP contribution < -0.4 is 11.1 Å². The summed E-state index contributed by atoms with van der Waals surface area (Å²) in [7, 11) is 0. The predicted octanol–water partition coefficient (Wildman–Crippen LogP) is 3.51. The van der Waals surface area contributed by atoms with E-state index in [-0.39, 0.29) is 11.2 Å². The summed E-state index contributed by atoms with van der Waals surface area (Å²) in [4.78, 5) is 27.9. The van der Waals surface area contributed by atoms with Gasteiger partial charge in [0.15, 0.2) is 4.34 Å². The molecule has 0 aliphatic carbocycles. The second kappa shape index (κ2) is 7.02. The molecule has 3 rings (SSSR count). The molecule has 0 spiro atoms. The van der Waals surface area contributed by atoms with Gasteiger partial charge in [0, 0.05) is 11.3 Å². The van der Waals surface area contributed by atoms with Crippen LogP contribution in [0.2, 0.25) is 0 Å². The van der Waals surface area contributed by atoms with Crippen LogP contribution in [0.3, 0.4) is 0 Å². The van der Waals surface area contributed by atoms with E-state index < -0.39 is 5.91 Å². The third-order valence-electron chi connectivity index (χ3n) is 3.36. The van der Waals surface area contributed by atoms with E-state index in [0.717, 1.165) is 14.6 Å². The number of benzene rings is 2. The van der Waals surface area contributed by atoms with E-state index in [0.29, 0.717) is 11.3 Å². The van der Waals surface area contributed by atoms with E-state index in [1.54, 1.807) is 35.6 Å². The van der Waals surface area contributed by atoms with Crippen molar-refractivity contribution in [2.24, 2.45) is 5.73 Å². The molecule has 24 heavy (non-hydrogen) atoms. The molecule has 3 aromatic rings. The van der Waals surface area contributed by atoms with Crippen molar-refractivity contribution >= 4 is 50.8 Å². The third kappa shape index (κ3) is 3.74. The van der Waals surface area contributed by atoms with Gasteiger partial charge in [-0.3, -0.25) is 9.59 Å². The summed E-state index contributed by atoms with van der Waals surface area (Å²) >= 11 is 3.00. The van der Waals surface area contributed by atoms with Crippen molar-refractivity contribution < 1.29 is 9.59 Å². The average Bonchev–Trinajstić information content (AvgIpc) is 2.97. The summed E-state index contributed by atoms with van der Waals surface area (Å²) in [5.74, 6) is -0.612. The van der Waals surface area contributed by atoms with Crippen molar-refractivity contribution in [1.29, 1.82) is 0 Å². The molecule has 0 radical (unpaired) electrons. The fraction of sp³-hybridized carbons (Fsp3) is 0.118. The highest BCUT2D eigenvalue weighted by atomic mass is 32.2. The van der Waals surface area contributed by atoms with Crippen molar-refractivity contribution in [3.05, 3.63) is 54.1 Å². The standard InChI is InChI=1S/C17H15N3O2S2/c1-10(23-17-20-13-4-2-3-5-14(13)24-17)16(22)19-12-8-6-11(7-9-12)15(18)21/h2-10H,1H3,(H2,18,21)(H,19,22). The van der Waals surface area contributed by atoms with Gasteiger partial charge < -0.3 is 11.1 Å². The second-order valence-corrected chi connectivity index (χ2v) is 7.76. The number of thioether (sulfide) groups is 1. The number of primary amides is 1. The minimum atomic E-state index is -0.493. The maximum absolute atomic E-state index is 12.3. The molecule has 0 aliphatic heterocycles. The average molecular weight is 357 g/mol. The summed E-state index contributed by atoms with van der Waals surface area (Å²) in [5.41, 5.74) is 7.17. The van der Waals surface area contributed by atoms with Crippen molar-refractivity contribution in [2.75, 3.05) is 5.32 Å². The summed E-state index contributed by atoms with van der Waals surface area (Å²) in [6.07, 6.45) is 0. The number of nitrogens with zero attached hydrogens (tertiary/aromatic N) is 1. The number of nitrogens with two attached hydrogens (primary N) is 1. The van der Waals surface area contributed by atoms with E-state index in [4.69, 9.17) is 5.73 Å². The predicted molar refractivity (Wildman–Crippen MR) is 98.5 cm³/mol. The molecule has 0 saturated carbocycles. The quantitative estimate of drug-likeness (QED) is 0.684. The smallest absolute Gasteiger partial charge is 0.248 e. The number of thiazole rings is 1. The lowest BCUT2D eigenvalue weighted by molar-refractivity contribution is -0.115. The van der Waals surface area contributed by atoms with Gasteiger partial charge in [0.2, 0.25) is 11.8 Å². The van der Waals surface area contributed by atoms with Crippen LogP contribution in [0.15, 0.2) is 52.9 Å². The largest absolute Gasteiger partial charge is 0.366 e. The molecule has 0 saturated heterocycles. The van der Waals surface area contributed by atoms with Crippen LogP contribution in [0.5, 0.6) is 0 Å². The highest BCUT2D eigenvalue weighted by Crippen LogP contribution is 2.32. The van der Waals surface area contributed by atoms with Crippen LogP contribution in [-0.4, -0.2) is 22.0 Å². The van der Waals surface area contributed by atoms with Gasteiger partial charge in [-0.1, -0.05) is 23.9 Å². The first-order valence-electron chi connectivity index (χ1n) is 7.26. The van der Waals surface area contributed by atoms with E-state index in [1.165, 1.54) is 11.8 Å². The summed E-state index contributed by atoms with van der Waals surface area (Å²) in [6.45, 7) is 1.84. The van der Waals surface area contributed by atoms with E-state index >= 15 is 0 Å². The topological polar surface area (TPSA) is 85.1 Å². The van der Waals surface area contributed by atoms with E-state index in [2.05, 4.69) is 10.3 Å². The molecule has 0 aliphatic rings. The van der Waals surface area contributed by atoms with Gasteiger partial charge in [-0.2, -0.15) is 0 Å². The molecule has 0 bridgehead atoms. The molecule has 0 fully saturated rings. The van der Waals surface area contributed by atoms with Gasteiger partial charge in [-0.15, -0.1) is 11.3 Å². The molecule has 3 N–H and O–H groups in total. The second-order valence-electron chi connectivity index (χ2n) is 5.14. The number of nitrogens with one attached hydrogen (secondary N) is 1. The van der Waals surface area contributed by atoms with Gasteiger partial charge in [-0.25, -0.2) is 4.98 Å². The molecule has 1 unspecified atom stereocenters. The number of hydrogen-bond acceptors (Lipinski definition) is 5. The number of carbonyl (C=O) groups excluding carboxylic acids is 2. The summed E-state index contributed by atoms with van der Waals surface area (Å²) in [6, 6.07) is 14.4. The lowest BCUT2D eigenvalue weighted by Gasteiger charge is -2.10. The SMILES string of the molecule is CC(Sc1nc2ccccc2s1)C(=O)Nc1ccc(C(N)=O)cc1. The maximum atomic E-state index is 12.3. The van der Waals surface area contributed by atoms with Crippen molar-refractivity contribution in [1.82, 2.24) is 4.98 Å². The first kappa shape index (κ1) is 16.5. The van der Waals surface area contributed by atoms with Crippen LogP contribution >= 0.6 is 23.1 Å². The normalized spacial score (nSPS) is 12.0. The molecule has 122 valence electrons. The number of anilines is 1. The van der Waals surface area contributed by atoms with Crippen LogP contribution in [0, 0.1) is 0 Å². The van der Waals surface area contributed by atoms with Crippen LogP contribution in [0.25, 0.3) is 10.2 Å². The summed E-state index contributed by atoms with van der Waals surface area (Å²) in [5, 5.41) is 2.54. The first-order valence-corrected chi connectivity index (χ1v) is 8.95. The Kier molecular flexibility index (Phi) is 4.82. The van der Waals surface area contributed by atoms with E-state index in [9.17, 15) is 9.59 Å². The molecule has 1 atom stereocenters. The zero-order valence-corrected chi connectivity index (χ0v) is 14.5. The number of para-hydroxylation sites is 1. The molecule has 1 heterocycles. The Morgan fingerprint density at radius 1 is 1.17 bits per heavy atom. The molecule has 1 aromatic heterocycles. The third-order valence-corrected chi connectivity index (χ3v) is 5.59. The summed E-state index contributed by atoms with van der Waals surface area (Å²) < 4.78 is 1.97. The Bertz CT molecular complexity index is 857. The monoisotopic (exact) mass is 357 g/mol. The Labute approximate surface area is 147 Å². The van der Waals surface area contributed by atoms with Crippen molar-refractivity contribution in [2.45, 2.75) is 16.5 Å². The van der Waals surface area contributed by atoms with Gasteiger partial charge in [0.05, 0.1) is 15.5 Å². The fourth-order valence-corrected chi connectivity index (χ4v) is 4.28. The van der Waals surface area contributed by atoms with E-state index in [1.807, 2.05) is 31.2 Å². The zero-order chi connectivity index (χ0) is 17.1. The zero-order valence-electron chi connectivity index (χ0n) is 12.9. The number of carbonyl (C=O) groups is 2. The Morgan fingerprint density at radius 2 is 1.88 bits per heavy atom. The minimum absolute atomic E-state index is 0.119. The lowest BCUT2D eigenvalue weighted by atomic mass is 10.2. The number of aromatic nitrogens is 1. The van der Waals surface area contributed by atoms with Gasteiger partial charge in [0.1, 0.15) is 0 Å². The van der Waals surface area contributed by atoms with Crippen LogP contribution in [0.1, 0.15) is 17.3 Å². The number of fused-ring (bicyclic) bond motifs is 1. The van der Waals surface area contributed by atoms with Crippen LogP contribution in [-0.2, 0) is 4.79 Å². The van der Waals surface area contributed by atoms with Crippen molar-refractivity contribution in [3.63, 3.8) is 0 Å². The first-order chi connectivity index (χ1) is 11.5. The number of amides is 2. The highest BCUT2D eigenvalue weighted by molar-refractivity contribution is 8.02. The molecule has 2 amide bonds. The Balaban J connectivity index is 1.64. The van der Waals surface area contributed by atoms with Gasteiger partial charge in [-0.05, 0) is 43.3 Å². The molecular formula is C17H15N3O2S2. The Morgan fingerprint density at radius 3 is 2.54 bits per heavy atom.